The first-order chi connectivity index (χ1) is 32.6. The van der Waals surface area contributed by atoms with E-state index in [4.69, 9.17) is 0 Å². The zero-order valence-corrected chi connectivity index (χ0v) is 37.2. The van der Waals surface area contributed by atoms with Gasteiger partial charge >= 0.3 is 0 Å². The Kier molecular flexibility index (Phi) is 9.10. The Morgan fingerprint density at radius 1 is 0.606 bits per heavy atom. The topological polar surface area (TPSA) is 15.3 Å². The molecule has 1 N–H and O–H groups in total. The zero-order chi connectivity index (χ0) is 43.8. The number of fused-ring (bicyclic) bond motifs is 12. The van der Waals surface area contributed by atoms with Crippen molar-refractivity contribution >= 4 is 45.3 Å². The van der Waals surface area contributed by atoms with Crippen LogP contribution < -0.4 is 10.2 Å². The summed E-state index contributed by atoms with van der Waals surface area (Å²) in [5, 5.41) is 6.30. The van der Waals surface area contributed by atoms with Crippen molar-refractivity contribution in [2.75, 3.05) is 10.2 Å². The van der Waals surface area contributed by atoms with Crippen LogP contribution >= 0.6 is 0 Å². The number of anilines is 5. The molecule has 8 aromatic carbocycles. The fourth-order valence-electron chi connectivity index (χ4n) is 12.2. The highest BCUT2D eigenvalue weighted by molar-refractivity contribution is 6.00. The van der Waals surface area contributed by atoms with Crippen molar-refractivity contribution in [1.29, 1.82) is 0 Å². The normalized spacial score (nSPS) is 20.4. The highest BCUT2D eigenvalue weighted by Crippen LogP contribution is 2.65. The SMILES string of the molecule is CC1C=CC=CC1c1c(Nc2ccc(-c3ccc(N(c4ccc5c(c4)C4(C6=CC=CCC6c6ccccc64)c4ccccc4-5)c4cccc5ccccc45)cc3)cc2)ccc2c1C=CCC2. The number of nitrogens with zero attached hydrogens (tertiary/aromatic N) is 1. The molecular weight excluding hydrogens is 797 g/mol. The van der Waals surface area contributed by atoms with Crippen molar-refractivity contribution in [3.8, 4) is 22.3 Å². The van der Waals surface area contributed by atoms with E-state index in [0.717, 1.165) is 42.0 Å². The Morgan fingerprint density at radius 2 is 1.35 bits per heavy atom. The van der Waals surface area contributed by atoms with Gasteiger partial charge in [-0.15, -0.1) is 0 Å². The van der Waals surface area contributed by atoms with E-state index in [0.29, 0.717) is 17.8 Å². The molecular formula is C64H50N2. The van der Waals surface area contributed by atoms with Gasteiger partial charge in [0.1, 0.15) is 0 Å². The van der Waals surface area contributed by atoms with Crippen molar-refractivity contribution < 1.29 is 0 Å². The van der Waals surface area contributed by atoms with Gasteiger partial charge in [0.15, 0.2) is 0 Å². The van der Waals surface area contributed by atoms with E-state index < -0.39 is 0 Å². The van der Waals surface area contributed by atoms with Crippen LogP contribution in [0.5, 0.6) is 0 Å². The molecule has 0 heterocycles. The zero-order valence-electron chi connectivity index (χ0n) is 37.2. The first-order valence-electron chi connectivity index (χ1n) is 23.8. The van der Waals surface area contributed by atoms with E-state index in [9.17, 15) is 0 Å². The van der Waals surface area contributed by atoms with Gasteiger partial charge in [-0.1, -0.05) is 183 Å². The molecule has 5 aliphatic rings. The molecule has 0 radical (unpaired) electrons. The lowest BCUT2D eigenvalue weighted by Gasteiger charge is -2.34. The van der Waals surface area contributed by atoms with Crippen LogP contribution in [0.2, 0.25) is 0 Å². The lowest BCUT2D eigenvalue weighted by Crippen LogP contribution is -2.27. The van der Waals surface area contributed by atoms with Crippen LogP contribution in [-0.2, 0) is 11.8 Å². The van der Waals surface area contributed by atoms with Crippen LogP contribution in [0.1, 0.15) is 70.5 Å². The standard InChI is InChI=1S/C64H50N2/c1-42-15-2-5-19-50(42)63-52-21-7-4-17-46(52)33-40-61(63)65-47-34-29-43(30-35-47)44-31-36-48(37-32-44)66(62-28-14-18-45-16-3-6-20-51(45)62)49-38-39-56-55-24-10-13-27-59(55)64(60(56)41-49)57-25-11-8-22-53(57)54-23-9-12-26-58(54)64/h2-3,5-16,18-22,24-42,50,54,65H,4,17,23H2,1H3. The van der Waals surface area contributed by atoms with Gasteiger partial charge in [-0.3, -0.25) is 0 Å². The summed E-state index contributed by atoms with van der Waals surface area (Å²) in [6.45, 7) is 2.33. The molecule has 0 aromatic heterocycles. The Morgan fingerprint density at radius 3 is 2.23 bits per heavy atom. The van der Waals surface area contributed by atoms with Crippen LogP contribution in [0, 0.1) is 5.92 Å². The van der Waals surface area contributed by atoms with Crippen LogP contribution in [0.25, 0.3) is 39.1 Å². The molecule has 8 aromatic rings. The van der Waals surface area contributed by atoms with Gasteiger partial charge in [0.25, 0.3) is 0 Å². The Bertz CT molecular complexity index is 3390. The van der Waals surface area contributed by atoms with Gasteiger partial charge in [0.05, 0.1) is 11.1 Å². The van der Waals surface area contributed by atoms with E-state index in [1.807, 2.05) is 0 Å². The van der Waals surface area contributed by atoms with Crippen LogP contribution in [0.4, 0.5) is 28.4 Å². The average molecular weight is 847 g/mol. The van der Waals surface area contributed by atoms with Crippen LogP contribution in [0.3, 0.4) is 0 Å². The fourth-order valence-corrected chi connectivity index (χ4v) is 12.2. The predicted molar refractivity (Wildman–Crippen MR) is 278 cm³/mol. The molecule has 0 fully saturated rings. The van der Waals surface area contributed by atoms with Gasteiger partial charge in [-0.05, 0) is 146 Å². The third-order valence-electron chi connectivity index (χ3n) is 15.2. The number of hydrogen-bond acceptors (Lipinski definition) is 2. The molecule has 4 atom stereocenters. The van der Waals surface area contributed by atoms with E-state index >= 15 is 0 Å². The average Bonchev–Trinajstić information content (AvgIpc) is 3.84. The van der Waals surface area contributed by atoms with E-state index in [1.165, 1.54) is 83.2 Å². The van der Waals surface area contributed by atoms with Crippen molar-refractivity contribution in [2.24, 2.45) is 5.92 Å². The fraction of sp³-hybridized carbons (Fsp3) is 0.125. The van der Waals surface area contributed by atoms with Crippen LogP contribution in [0.15, 0.2) is 224 Å². The predicted octanol–water partition coefficient (Wildman–Crippen LogP) is 16.8. The molecule has 2 nitrogen and oxygen atoms in total. The molecule has 0 aliphatic heterocycles. The summed E-state index contributed by atoms with van der Waals surface area (Å²) in [5.74, 6) is 1.12. The molecule has 5 aliphatic carbocycles. The molecule has 2 heteroatoms. The first kappa shape index (κ1) is 38.8. The number of rotatable bonds is 7. The maximum atomic E-state index is 3.85. The first-order valence-corrected chi connectivity index (χ1v) is 23.8. The van der Waals surface area contributed by atoms with Gasteiger partial charge in [-0.25, -0.2) is 0 Å². The largest absolute Gasteiger partial charge is 0.355 e. The minimum atomic E-state index is -0.357. The number of aryl methyl sites for hydroxylation is 1. The number of nitrogens with one attached hydrogen (secondary N) is 1. The molecule has 316 valence electrons. The van der Waals surface area contributed by atoms with Gasteiger partial charge in [0, 0.05) is 40.0 Å². The third kappa shape index (κ3) is 5.94. The molecule has 66 heavy (non-hydrogen) atoms. The van der Waals surface area contributed by atoms with Crippen molar-refractivity contribution in [1.82, 2.24) is 0 Å². The van der Waals surface area contributed by atoms with E-state index in [2.05, 4.69) is 242 Å². The molecule has 13 rings (SSSR count). The summed E-state index contributed by atoms with van der Waals surface area (Å²) in [6.07, 6.45) is 24.1. The minimum absolute atomic E-state index is 0.328. The number of allylic oxidation sites excluding steroid dienone is 9. The summed E-state index contributed by atoms with van der Waals surface area (Å²) >= 11 is 0. The highest BCUT2D eigenvalue weighted by Gasteiger charge is 2.55. The lowest BCUT2D eigenvalue weighted by molar-refractivity contribution is 0.634. The third-order valence-corrected chi connectivity index (χ3v) is 15.2. The Labute approximate surface area is 388 Å². The van der Waals surface area contributed by atoms with Gasteiger partial charge < -0.3 is 10.2 Å². The summed E-state index contributed by atoms with van der Waals surface area (Å²) in [4.78, 5) is 2.48. The van der Waals surface area contributed by atoms with Gasteiger partial charge in [0.2, 0.25) is 0 Å². The molecule has 4 unspecified atom stereocenters. The molecule has 0 saturated heterocycles. The smallest absolute Gasteiger partial charge is 0.0686 e. The van der Waals surface area contributed by atoms with Crippen molar-refractivity contribution in [3.05, 3.63) is 263 Å². The second-order valence-corrected chi connectivity index (χ2v) is 18.7. The number of hydrogen-bond donors (Lipinski definition) is 1. The summed E-state index contributed by atoms with van der Waals surface area (Å²) in [7, 11) is 0. The van der Waals surface area contributed by atoms with Crippen molar-refractivity contribution in [2.45, 2.75) is 43.4 Å². The molecule has 1 spiro atoms. The summed E-state index contributed by atoms with van der Waals surface area (Å²) in [5.41, 5.74) is 21.8. The quantitative estimate of drug-likeness (QED) is 0.172. The molecule has 0 bridgehead atoms. The second kappa shape index (κ2) is 15.5. The lowest BCUT2D eigenvalue weighted by atomic mass is 9.69. The maximum Gasteiger partial charge on any atom is 0.0686 e. The molecule has 0 saturated carbocycles. The monoisotopic (exact) mass is 846 g/mol. The Hall–Kier alpha value is -7.68. The molecule has 0 amide bonds. The second-order valence-electron chi connectivity index (χ2n) is 18.7. The van der Waals surface area contributed by atoms with Gasteiger partial charge in [-0.2, -0.15) is 0 Å². The Balaban J connectivity index is 0.889. The summed E-state index contributed by atoms with van der Waals surface area (Å²) in [6, 6.07) is 63.9. The highest BCUT2D eigenvalue weighted by atomic mass is 15.1. The van der Waals surface area contributed by atoms with Crippen molar-refractivity contribution in [3.63, 3.8) is 0 Å². The maximum absolute atomic E-state index is 3.85. The minimum Gasteiger partial charge on any atom is -0.355 e. The van der Waals surface area contributed by atoms with E-state index in [-0.39, 0.29) is 5.41 Å². The summed E-state index contributed by atoms with van der Waals surface area (Å²) < 4.78 is 0. The number of benzene rings is 8. The van der Waals surface area contributed by atoms with Crippen LogP contribution in [-0.4, -0.2) is 0 Å². The van der Waals surface area contributed by atoms with E-state index in [1.54, 1.807) is 0 Å².